The summed E-state index contributed by atoms with van der Waals surface area (Å²) in [4.78, 5) is 38.1. The highest BCUT2D eigenvalue weighted by molar-refractivity contribution is 5.71. The molecule has 0 aromatic carbocycles. The van der Waals surface area contributed by atoms with Gasteiger partial charge in [-0.1, -0.05) is 251 Å². The molecule has 0 saturated heterocycles. The minimum absolute atomic E-state index is 0.0892. The van der Waals surface area contributed by atoms with E-state index >= 15 is 0 Å². The second kappa shape index (κ2) is 59.4. The van der Waals surface area contributed by atoms with Crippen molar-refractivity contribution in [2.24, 2.45) is 0 Å². The van der Waals surface area contributed by atoms with Gasteiger partial charge in [-0.15, -0.1) is 0 Å². The van der Waals surface area contributed by atoms with Crippen molar-refractivity contribution in [2.45, 2.75) is 264 Å². The standard InChI is InChI=1S/C66H108O6/c1-4-7-10-13-16-19-21-23-25-27-29-31-32-33-34-36-37-39-41-43-45-47-50-53-56-59-65(68)71-62-63(61-70-64(67)58-55-52-49-18-15-12-9-6-3)72-66(69)60-57-54-51-48-46-44-42-40-38-35-30-28-26-24-22-20-17-14-11-8-5-2/h7-8,10-11,16-17,19-20,23-26,29-31,33-35,40,42,63H,4-6,9,12-15,18,21-22,27-28,32,36-39,41,43-62H2,1-3H3/b10-7-,11-8-,19-16-,20-17-,25-23-,26-24-,31-29-,34-33-,35-30-,42-40-. The Morgan fingerprint density at radius 3 is 0.847 bits per heavy atom. The zero-order valence-corrected chi connectivity index (χ0v) is 46.7. The molecule has 0 rings (SSSR count). The van der Waals surface area contributed by atoms with Crippen LogP contribution in [-0.4, -0.2) is 37.2 Å². The number of ether oxygens (including phenoxy) is 3. The monoisotopic (exact) mass is 997 g/mol. The van der Waals surface area contributed by atoms with Crippen LogP contribution in [-0.2, 0) is 28.6 Å². The van der Waals surface area contributed by atoms with Crippen LogP contribution in [0.1, 0.15) is 258 Å². The Balaban J connectivity index is 4.29. The van der Waals surface area contributed by atoms with Gasteiger partial charge in [0.05, 0.1) is 0 Å². The van der Waals surface area contributed by atoms with Gasteiger partial charge in [0.2, 0.25) is 0 Å². The third-order valence-electron chi connectivity index (χ3n) is 12.2. The Bertz CT molecular complexity index is 1520. The molecule has 408 valence electrons. The van der Waals surface area contributed by atoms with Crippen molar-refractivity contribution in [3.63, 3.8) is 0 Å². The van der Waals surface area contributed by atoms with Crippen LogP contribution in [0.25, 0.3) is 0 Å². The van der Waals surface area contributed by atoms with Crippen LogP contribution in [0, 0.1) is 0 Å². The first kappa shape index (κ1) is 67.8. The van der Waals surface area contributed by atoms with Gasteiger partial charge >= 0.3 is 17.9 Å². The van der Waals surface area contributed by atoms with Gasteiger partial charge < -0.3 is 14.2 Å². The molecule has 0 N–H and O–H groups in total. The van der Waals surface area contributed by atoms with Crippen LogP contribution in [0.5, 0.6) is 0 Å². The number of esters is 3. The molecule has 6 heteroatoms. The number of carbonyl (C=O) groups excluding carboxylic acids is 3. The number of unbranched alkanes of at least 4 members (excludes halogenated alkanes) is 21. The quantitative estimate of drug-likeness (QED) is 0.0261. The number of allylic oxidation sites excluding steroid dienone is 20. The topological polar surface area (TPSA) is 78.9 Å². The van der Waals surface area contributed by atoms with E-state index in [-0.39, 0.29) is 31.1 Å². The lowest BCUT2D eigenvalue weighted by molar-refractivity contribution is -0.167. The Morgan fingerprint density at radius 2 is 0.542 bits per heavy atom. The highest BCUT2D eigenvalue weighted by Gasteiger charge is 2.19. The van der Waals surface area contributed by atoms with E-state index < -0.39 is 6.10 Å². The van der Waals surface area contributed by atoms with Gasteiger partial charge in [0, 0.05) is 19.3 Å². The van der Waals surface area contributed by atoms with Crippen LogP contribution in [0.2, 0.25) is 0 Å². The molecule has 0 spiro atoms. The van der Waals surface area contributed by atoms with E-state index in [4.69, 9.17) is 14.2 Å². The lowest BCUT2D eigenvalue weighted by atomic mass is 10.1. The molecule has 0 bridgehead atoms. The van der Waals surface area contributed by atoms with Crippen LogP contribution < -0.4 is 0 Å². The highest BCUT2D eigenvalue weighted by Crippen LogP contribution is 2.15. The van der Waals surface area contributed by atoms with Crippen molar-refractivity contribution >= 4 is 17.9 Å². The number of rotatable bonds is 52. The summed E-state index contributed by atoms with van der Waals surface area (Å²) in [5, 5.41) is 0. The van der Waals surface area contributed by atoms with E-state index in [2.05, 4.69) is 142 Å². The van der Waals surface area contributed by atoms with E-state index in [1.807, 2.05) is 0 Å². The molecule has 0 heterocycles. The maximum absolute atomic E-state index is 12.8. The van der Waals surface area contributed by atoms with Gasteiger partial charge in [-0.25, -0.2) is 0 Å². The van der Waals surface area contributed by atoms with Crippen LogP contribution >= 0.6 is 0 Å². The van der Waals surface area contributed by atoms with E-state index in [0.29, 0.717) is 19.3 Å². The SMILES string of the molecule is CC/C=C\C/C=C\C/C=C\C/C=C\C/C=C\CCCCCCCCCCCC(=O)OCC(COC(=O)CCCCCCCCCC)OC(=O)CCCCCCC/C=C\C/C=C\C/C=C\C/C=C\C/C=C\CC. The summed E-state index contributed by atoms with van der Waals surface area (Å²) in [5.41, 5.74) is 0. The maximum Gasteiger partial charge on any atom is 0.306 e. The van der Waals surface area contributed by atoms with Crippen molar-refractivity contribution in [3.05, 3.63) is 122 Å². The van der Waals surface area contributed by atoms with Crippen molar-refractivity contribution in [3.8, 4) is 0 Å². The molecule has 0 fully saturated rings. The predicted octanol–water partition coefficient (Wildman–Crippen LogP) is 20.0. The van der Waals surface area contributed by atoms with Gasteiger partial charge in [0.1, 0.15) is 13.2 Å². The molecule has 0 aliphatic heterocycles. The number of hydrogen-bond donors (Lipinski definition) is 0. The van der Waals surface area contributed by atoms with Gasteiger partial charge in [-0.2, -0.15) is 0 Å². The zero-order valence-electron chi connectivity index (χ0n) is 46.7. The summed E-state index contributed by atoms with van der Waals surface area (Å²) >= 11 is 0. The number of hydrogen-bond acceptors (Lipinski definition) is 6. The summed E-state index contributed by atoms with van der Waals surface area (Å²) < 4.78 is 16.8. The van der Waals surface area contributed by atoms with Gasteiger partial charge in [-0.05, 0) is 109 Å². The molecule has 0 aromatic heterocycles. The predicted molar refractivity (Wildman–Crippen MR) is 311 cm³/mol. The minimum atomic E-state index is -0.792. The van der Waals surface area contributed by atoms with Crippen molar-refractivity contribution in [2.75, 3.05) is 13.2 Å². The average Bonchev–Trinajstić information content (AvgIpc) is 3.38. The van der Waals surface area contributed by atoms with Crippen molar-refractivity contribution < 1.29 is 28.6 Å². The summed E-state index contributed by atoms with van der Waals surface area (Å²) in [7, 11) is 0. The maximum atomic E-state index is 12.8. The first-order chi connectivity index (χ1) is 35.5. The molecule has 6 nitrogen and oxygen atoms in total. The van der Waals surface area contributed by atoms with Crippen molar-refractivity contribution in [1.29, 1.82) is 0 Å². The molecule has 1 atom stereocenters. The van der Waals surface area contributed by atoms with Crippen molar-refractivity contribution in [1.82, 2.24) is 0 Å². The molecule has 0 saturated carbocycles. The minimum Gasteiger partial charge on any atom is -0.462 e. The molecule has 0 amide bonds. The van der Waals surface area contributed by atoms with E-state index in [1.54, 1.807) is 0 Å². The van der Waals surface area contributed by atoms with Crippen LogP contribution in [0.15, 0.2) is 122 Å². The highest BCUT2D eigenvalue weighted by atomic mass is 16.6. The third-order valence-corrected chi connectivity index (χ3v) is 12.2. The largest absolute Gasteiger partial charge is 0.462 e. The first-order valence-corrected chi connectivity index (χ1v) is 29.5. The third kappa shape index (κ3) is 56.7. The Hall–Kier alpha value is -4.19. The number of carbonyl (C=O) groups is 3. The molecular formula is C66H108O6. The summed E-state index contributed by atoms with van der Waals surface area (Å²) in [6, 6.07) is 0. The van der Waals surface area contributed by atoms with E-state index in [0.717, 1.165) is 148 Å². The van der Waals surface area contributed by atoms with Gasteiger partial charge in [0.25, 0.3) is 0 Å². The molecular weight excluding hydrogens is 889 g/mol. The van der Waals surface area contributed by atoms with E-state index in [1.165, 1.54) is 70.6 Å². The average molecular weight is 998 g/mol. The smallest absolute Gasteiger partial charge is 0.306 e. The zero-order chi connectivity index (χ0) is 52.2. The van der Waals surface area contributed by atoms with Crippen LogP contribution in [0.4, 0.5) is 0 Å². The molecule has 0 radical (unpaired) electrons. The Morgan fingerprint density at radius 1 is 0.292 bits per heavy atom. The second-order valence-electron chi connectivity index (χ2n) is 19.1. The first-order valence-electron chi connectivity index (χ1n) is 29.5. The van der Waals surface area contributed by atoms with Gasteiger partial charge in [-0.3, -0.25) is 14.4 Å². The summed E-state index contributed by atoms with van der Waals surface area (Å²) in [6.07, 6.45) is 82.0. The fourth-order valence-electron chi connectivity index (χ4n) is 7.85. The molecule has 1 unspecified atom stereocenters. The Labute approximate surface area is 443 Å². The molecule has 0 aliphatic carbocycles. The fourth-order valence-corrected chi connectivity index (χ4v) is 7.85. The molecule has 72 heavy (non-hydrogen) atoms. The van der Waals surface area contributed by atoms with Crippen LogP contribution in [0.3, 0.4) is 0 Å². The van der Waals surface area contributed by atoms with Gasteiger partial charge in [0.15, 0.2) is 6.10 Å². The summed E-state index contributed by atoms with van der Waals surface area (Å²) in [6.45, 7) is 6.36. The normalized spacial score (nSPS) is 13.0. The second-order valence-corrected chi connectivity index (χ2v) is 19.1. The van der Waals surface area contributed by atoms with E-state index in [9.17, 15) is 14.4 Å². The Kier molecular flexibility index (Phi) is 55.9. The summed E-state index contributed by atoms with van der Waals surface area (Å²) in [5.74, 6) is -0.919. The molecule has 0 aliphatic rings. The lowest BCUT2D eigenvalue weighted by Crippen LogP contribution is -2.30. The molecule has 0 aromatic rings. The lowest BCUT2D eigenvalue weighted by Gasteiger charge is -2.18. The fraction of sp³-hybridized carbons (Fsp3) is 0.652.